The van der Waals surface area contributed by atoms with Gasteiger partial charge in [0.15, 0.2) is 0 Å². The molecule has 1 aliphatic heterocycles. The van der Waals surface area contributed by atoms with Crippen molar-refractivity contribution in [3.63, 3.8) is 0 Å². The molecule has 1 aliphatic rings. The fraction of sp³-hybridized carbons (Fsp3) is 0.435. The lowest BCUT2D eigenvalue weighted by Crippen LogP contribution is -2.28. The Hall–Kier alpha value is -2.38. The number of benzene rings is 2. The number of nitrogens with one attached hydrogen (secondary N) is 2. The van der Waals surface area contributed by atoms with Crippen LogP contribution in [0.4, 0.5) is 11.4 Å². The summed E-state index contributed by atoms with van der Waals surface area (Å²) in [7, 11) is -3.71. The minimum atomic E-state index is -3.71. The normalized spacial score (nSPS) is 14.2. The Bertz CT molecular complexity index is 1020. The molecule has 0 aromatic heterocycles. The van der Waals surface area contributed by atoms with E-state index in [2.05, 4.69) is 14.9 Å². The first-order valence-corrected chi connectivity index (χ1v) is 12.0. The van der Waals surface area contributed by atoms with Gasteiger partial charge in [0, 0.05) is 30.9 Å². The molecule has 6 nitrogen and oxygen atoms in total. The van der Waals surface area contributed by atoms with Crippen LogP contribution in [0.3, 0.4) is 0 Å². The number of sulfonamides is 1. The first-order chi connectivity index (χ1) is 14.2. The maximum Gasteiger partial charge on any atom is 0.255 e. The van der Waals surface area contributed by atoms with Crippen molar-refractivity contribution in [2.45, 2.75) is 51.9 Å². The van der Waals surface area contributed by atoms with Gasteiger partial charge >= 0.3 is 0 Å². The first-order valence-electron chi connectivity index (χ1n) is 10.5. The van der Waals surface area contributed by atoms with Crippen molar-refractivity contribution < 1.29 is 13.2 Å². The van der Waals surface area contributed by atoms with E-state index >= 15 is 0 Å². The third-order valence-electron chi connectivity index (χ3n) is 5.42. The summed E-state index contributed by atoms with van der Waals surface area (Å²) in [4.78, 5) is 15.2. The van der Waals surface area contributed by atoms with E-state index in [1.54, 1.807) is 12.1 Å². The van der Waals surface area contributed by atoms with Crippen molar-refractivity contribution in [1.82, 2.24) is 4.72 Å². The Balaban J connectivity index is 1.97. The fourth-order valence-corrected chi connectivity index (χ4v) is 5.35. The molecule has 1 heterocycles. The number of hydrogen-bond acceptors (Lipinski definition) is 4. The Morgan fingerprint density at radius 2 is 1.67 bits per heavy atom. The van der Waals surface area contributed by atoms with E-state index in [9.17, 15) is 13.2 Å². The summed E-state index contributed by atoms with van der Waals surface area (Å²) >= 11 is 0. The van der Waals surface area contributed by atoms with E-state index in [0.29, 0.717) is 24.2 Å². The van der Waals surface area contributed by atoms with Gasteiger partial charge in [0.2, 0.25) is 10.0 Å². The van der Waals surface area contributed by atoms with Gasteiger partial charge in [-0.25, -0.2) is 13.1 Å². The third kappa shape index (κ3) is 4.84. The van der Waals surface area contributed by atoms with Crippen LogP contribution in [0, 0.1) is 20.8 Å². The zero-order valence-corrected chi connectivity index (χ0v) is 19.0. The van der Waals surface area contributed by atoms with E-state index in [-0.39, 0.29) is 10.8 Å². The summed E-state index contributed by atoms with van der Waals surface area (Å²) in [5, 5.41) is 2.97. The van der Waals surface area contributed by atoms with Gasteiger partial charge in [-0.15, -0.1) is 0 Å². The zero-order valence-electron chi connectivity index (χ0n) is 18.2. The molecule has 0 saturated carbocycles. The molecule has 30 heavy (non-hydrogen) atoms. The van der Waals surface area contributed by atoms with Crippen LogP contribution in [0.15, 0.2) is 35.2 Å². The largest absolute Gasteiger partial charge is 0.370 e. The molecule has 2 aromatic rings. The molecular formula is C23H31N3O3S. The van der Waals surface area contributed by atoms with Gasteiger partial charge in [0.05, 0.1) is 5.69 Å². The molecule has 3 rings (SSSR count). The lowest BCUT2D eigenvalue weighted by Gasteiger charge is -2.22. The first kappa shape index (κ1) is 22.3. The number of hydrogen-bond donors (Lipinski definition) is 2. The van der Waals surface area contributed by atoms with Crippen LogP contribution in [0.5, 0.6) is 0 Å². The average Bonchev–Trinajstić information content (AvgIpc) is 3.23. The van der Waals surface area contributed by atoms with Crippen LogP contribution < -0.4 is 14.9 Å². The minimum absolute atomic E-state index is 0.169. The topological polar surface area (TPSA) is 78.5 Å². The minimum Gasteiger partial charge on any atom is -0.370 e. The van der Waals surface area contributed by atoms with E-state index in [1.807, 2.05) is 39.8 Å². The predicted octanol–water partition coefficient (Wildman–Crippen LogP) is 4.15. The van der Waals surface area contributed by atoms with Gasteiger partial charge < -0.3 is 10.2 Å². The van der Waals surface area contributed by atoms with Crippen molar-refractivity contribution in [2.75, 3.05) is 29.9 Å². The molecule has 0 atom stereocenters. The smallest absolute Gasteiger partial charge is 0.255 e. The van der Waals surface area contributed by atoms with Crippen molar-refractivity contribution in [1.29, 1.82) is 0 Å². The molecule has 0 bridgehead atoms. The summed E-state index contributed by atoms with van der Waals surface area (Å²) in [6.07, 6.45) is 2.77. The highest BCUT2D eigenvalue weighted by molar-refractivity contribution is 7.89. The predicted molar refractivity (Wildman–Crippen MR) is 122 cm³/mol. The second-order valence-electron chi connectivity index (χ2n) is 8.00. The second kappa shape index (κ2) is 9.18. The standard InChI is InChI=1S/C23H31N3O3S/c1-5-10-24-30(28,29)21-15-19(8-9-20(21)26-11-6-7-12-26)23(27)25-22-17(3)13-16(2)14-18(22)4/h8-9,13-15,24H,5-7,10-12H2,1-4H3,(H,25,27). The number of nitrogens with zero attached hydrogens (tertiary/aromatic N) is 1. The molecular weight excluding hydrogens is 398 g/mol. The second-order valence-corrected chi connectivity index (χ2v) is 9.74. The van der Waals surface area contributed by atoms with E-state index in [4.69, 9.17) is 0 Å². The van der Waals surface area contributed by atoms with Crippen molar-refractivity contribution in [3.8, 4) is 0 Å². The van der Waals surface area contributed by atoms with Crippen LogP contribution in [0.25, 0.3) is 0 Å². The molecule has 162 valence electrons. The van der Waals surface area contributed by atoms with Crippen LogP contribution in [-0.4, -0.2) is 34.0 Å². The molecule has 1 amide bonds. The number of aryl methyl sites for hydroxylation is 3. The maximum atomic E-state index is 13.0. The summed E-state index contributed by atoms with van der Waals surface area (Å²) in [5.41, 5.74) is 4.85. The average molecular weight is 430 g/mol. The molecule has 1 saturated heterocycles. The molecule has 0 unspecified atom stereocenters. The molecule has 2 aromatic carbocycles. The van der Waals surface area contributed by atoms with Crippen LogP contribution in [0.2, 0.25) is 0 Å². The molecule has 0 radical (unpaired) electrons. The van der Waals surface area contributed by atoms with Gasteiger partial charge in [0.25, 0.3) is 5.91 Å². The van der Waals surface area contributed by atoms with E-state index in [1.165, 1.54) is 6.07 Å². The van der Waals surface area contributed by atoms with E-state index in [0.717, 1.165) is 48.3 Å². The molecule has 0 aliphatic carbocycles. The highest BCUT2D eigenvalue weighted by Gasteiger charge is 2.25. The van der Waals surface area contributed by atoms with Crippen LogP contribution in [-0.2, 0) is 10.0 Å². The lowest BCUT2D eigenvalue weighted by molar-refractivity contribution is 0.102. The Morgan fingerprint density at radius 1 is 1.03 bits per heavy atom. The van der Waals surface area contributed by atoms with Crippen molar-refractivity contribution in [2.24, 2.45) is 0 Å². The number of rotatable bonds is 7. The zero-order chi connectivity index (χ0) is 21.9. The van der Waals surface area contributed by atoms with Gasteiger partial charge in [-0.05, 0) is 69.4 Å². The summed E-state index contributed by atoms with van der Waals surface area (Å²) in [5.74, 6) is -0.315. The van der Waals surface area contributed by atoms with Crippen molar-refractivity contribution in [3.05, 3.63) is 52.6 Å². The van der Waals surface area contributed by atoms with Crippen molar-refractivity contribution >= 4 is 27.3 Å². The van der Waals surface area contributed by atoms with Crippen LogP contribution in [0.1, 0.15) is 53.2 Å². The quantitative estimate of drug-likeness (QED) is 0.693. The molecule has 1 fully saturated rings. The Kier molecular flexibility index (Phi) is 6.83. The van der Waals surface area contributed by atoms with Gasteiger partial charge in [-0.3, -0.25) is 4.79 Å². The van der Waals surface area contributed by atoms with Gasteiger partial charge in [0.1, 0.15) is 4.90 Å². The molecule has 2 N–H and O–H groups in total. The number of anilines is 2. The van der Waals surface area contributed by atoms with Gasteiger partial charge in [-0.2, -0.15) is 0 Å². The third-order valence-corrected chi connectivity index (χ3v) is 6.91. The number of amides is 1. The fourth-order valence-electron chi connectivity index (χ4n) is 3.97. The maximum absolute atomic E-state index is 13.0. The van der Waals surface area contributed by atoms with Gasteiger partial charge in [-0.1, -0.05) is 24.6 Å². The summed E-state index contributed by atoms with van der Waals surface area (Å²) < 4.78 is 28.6. The lowest BCUT2D eigenvalue weighted by atomic mass is 10.0. The SMILES string of the molecule is CCCNS(=O)(=O)c1cc(C(=O)Nc2c(C)cc(C)cc2C)ccc1N1CCCC1. The summed E-state index contributed by atoms with van der Waals surface area (Å²) in [6.45, 7) is 9.85. The van der Waals surface area contributed by atoms with Crippen LogP contribution >= 0.6 is 0 Å². The monoisotopic (exact) mass is 429 g/mol. The highest BCUT2D eigenvalue weighted by atomic mass is 32.2. The van der Waals surface area contributed by atoms with E-state index < -0.39 is 10.0 Å². The molecule has 7 heteroatoms. The number of carbonyl (C=O) groups excluding carboxylic acids is 1. The summed E-state index contributed by atoms with van der Waals surface area (Å²) in [6, 6.07) is 9.00. The Morgan fingerprint density at radius 3 is 2.27 bits per heavy atom. The molecule has 0 spiro atoms. The Labute approximate surface area is 179 Å². The highest BCUT2D eigenvalue weighted by Crippen LogP contribution is 2.30. The number of carbonyl (C=O) groups is 1.